The van der Waals surface area contributed by atoms with Crippen molar-refractivity contribution in [2.75, 3.05) is 13.1 Å². The van der Waals surface area contributed by atoms with Crippen LogP contribution in [0.25, 0.3) is 0 Å². The van der Waals surface area contributed by atoms with Crippen LogP contribution in [0.1, 0.15) is 13.3 Å². The summed E-state index contributed by atoms with van der Waals surface area (Å²) in [6.45, 7) is 7.19. The van der Waals surface area contributed by atoms with Crippen molar-refractivity contribution in [2.24, 2.45) is 5.92 Å². The first-order valence-corrected chi connectivity index (χ1v) is 4.55. The monoisotopic (exact) mass is 186 g/mol. The lowest BCUT2D eigenvalue weighted by atomic mass is 10.1. The predicted molar refractivity (Wildman–Crippen MR) is 52.3 cm³/mol. The highest BCUT2D eigenvalue weighted by Crippen LogP contribution is 2.27. The summed E-state index contributed by atoms with van der Waals surface area (Å²) < 4.78 is 2.06. The van der Waals surface area contributed by atoms with Gasteiger partial charge in [-0.3, -0.25) is 4.79 Å². The van der Waals surface area contributed by atoms with E-state index < -0.39 is 0 Å². The van der Waals surface area contributed by atoms with Gasteiger partial charge in [0.1, 0.15) is 0 Å². The second-order valence-electron chi connectivity index (χ2n) is 3.23. The molecule has 0 radical (unpaired) electrons. The molecule has 12 heavy (non-hydrogen) atoms. The molecule has 1 amide bonds. The van der Waals surface area contributed by atoms with Gasteiger partial charge in [0.2, 0.25) is 5.91 Å². The summed E-state index contributed by atoms with van der Waals surface area (Å²) in [4.78, 5) is 10.6. The zero-order valence-corrected chi connectivity index (χ0v) is 8.49. The van der Waals surface area contributed by atoms with Gasteiger partial charge in [0.15, 0.2) is 0 Å². The summed E-state index contributed by atoms with van der Waals surface area (Å²) in [5, 5.41) is 2.81. The third-order valence-corrected chi connectivity index (χ3v) is 2.60. The van der Waals surface area contributed by atoms with E-state index in [9.17, 15) is 4.79 Å². The van der Waals surface area contributed by atoms with Gasteiger partial charge in [-0.1, -0.05) is 6.58 Å². The normalized spacial score (nSPS) is 23.0. The van der Waals surface area contributed by atoms with E-state index in [0.29, 0.717) is 5.92 Å². The molecule has 1 rings (SSSR count). The Morgan fingerprint density at radius 1 is 1.92 bits per heavy atom. The van der Waals surface area contributed by atoms with Gasteiger partial charge in [-0.05, 0) is 21.7 Å². The van der Waals surface area contributed by atoms with Crippen molar-refractivity contribution in [2.45, 2.75) is 13.3 Å². The lowest BCUT2D eigenvalue weighted by Gasteiger charge is -2.11. The number of amides is 1. The van der Waals surface area contributed by atoms with E-state index in [0.717, 1.165) is 25.2 Å². The molecule has 3 nitrogen and oxygen atoms in total. The second kappa shape index (κ2) is 3.90. The summed E-state index contributed by atoms with van der Waals surface area (Å²) in [6, 6.07) is 0. The minimum Gasteiger partial charge on any atom is -0.360 e. The number of nitrogens with zero attached hydrogens (tertiary/aromatic N) is 1. The molecule has 0 aromatic heterocycles. The SMILES string of the molecule is C=C1CC(CNC(C)=O)CN1P. The predicted octanol–water partition coefficient (Wildman–Crippen LogP) is 0.748. The molecule has 0 aromatic carbocycles. The highest BCUT2D eigenvalue weighted by molar-refractivity contribution is 7.13. The third kappa shape index (κ3) is 2.49. The van der Waals surface area contributed by atoms with Gasteiger partial charge in [0.05, 0.1) is 0 Å². The Morgan fingerprint density at radius 3 is 3.00 bits per heavy atom. The van der Waals surface area contributed by atoms with Crippen LogP contribution in [0.5, 0.6) is 0 Å². The Labute approximate surface area is 75.5 Å². The summed E-state index contributed by atoms with van der Waals surface area (Å²) in [7, 11) is 2.63. The molecule has 0 saturated carbocycles. The molecule has 1 aliphatic heterocycles. The van der Waals surface area contributed by atoms with Crippen LogP contribution in [0.4, 0.5) is 0 Å². The molecular weight excluding hydrogens is 171 g/mol. The molecule has 1 heterocycles. The lowest BCUT2D eigenvalue weighted by molar-refractivity contribution is -0.119. The maximum Gasteiger partial charge on any atom is 0.216 e. The average Bonchev–Trinajstić information content (AvgIpc) is 2.28. The molecule has 2 unspecified atom stereocenters. The molecule has 0 bridgehead atoms. The van der Waals surface area contributed by atoms with Crippen LogP contribution in [0.3, 0.4) is 0 Å². The fourth-order valence-corrected chi connectivity index (χ4v) is 1.75. The first kappa shape index (κ1) is 9.53. The van der Waals surface area contributed by atoms with E-state index in [1.807, 2.05) is 0 Å². The van der Waals surface area contributed by atoms with Gasteiger partial charge in [0.25, 0.3) is 0 Å². The molecule has 1 N–H and O–H groups in total. The number of hydrogen-bond acceptors (Lipinski definition) is 2. The number of rotatable bonds is 2. The average molecular weight is 186 g/mol. The topological polar surface area (TPSA) is 32.3 Å². The number of allylic oxidation sites excluding steroid dienone is 1. The zero-order chi connectivity index (χ0) is 9.14. The van der Waals surface area contributed by atoms with Crippen molar-refractivity contribution in [1.29, 1.82) is 0 Å². The lowest BCUT2D eigenvalue weighted by Crippen LogP contribution is -2.27. The number of carbonyl (C=O) groups is 1. The highest BCUT2D eigenvalue weighted by atomic mass is 31.0. The van der Waals surface area contributed by atoms with Crippen molar-refractivity contribution in [3.63, 3.8) is 0 Å². The van der Waals surface area contributed by atoms with Gasteiger partial charge in [-0.25, -0.2) is 0 Å². The Bertz CT molecular complexity index is 205. The number of carbonyl (C=O) groups excluding carboxylic acids is 1. The highest BCUT2D eigenvalue weighted by Gasteiger charge is 2.22. The third-order valence-electron chi connectivity index (χ3n) is 2.03. The van der Waals surface area contributed by atoms with Gasteiger partial charge < -0.3 is 9.99 Å². The minimum atomic E-state index is 0.0443. The van der Waals surface area contributed by atoms with Crippen LogP contribution in [0.15, 0.2) is 12.3 Å². The Hall–Kier alpha value is -0.560. The second-order valence-corrected chi connectivity index (χ2v) is 3.85. The molecular formula is C8H15N2OP. The summed E-state index contributed by atoms with van der Waals surface area (Å²) in [5.41, 5.74) is 1.13. The van der Waals surface area contributed by atoms with E-state index >= 15 is 0 Å². The van der Waals surface area contributed by atoms with Crippen LogP contribution in [-0.2, 0) is 4.79 Å². The van der Waals surface area contributed by atoms with Gasteiger partial charge in [-0.2, -0.15) is 0 Å². The maximum absolute atomic E-state index is 10.6. The van der Waals surface area contributed by atoms with Crippen LogP contribution in [0, 0.1) is 5.92 Å². The quantitative estimate of drug-likeness (QED) is 0.645. The van der Waals surface area contributed by atoms with Crippen LogP contribution in [0.2, 0.25) is 0 Å². The summed E-state index contributed by atoms with van der Waals surface area (Å²) in [5.74, 6) is 0.571. The molecule has 0 aliphatic carbocycles. The summed E-state index contributed by atoms with van der Waals surface area (Å²) >= 11 is 0. The van der Waals surface area contributed by atoms with Crippen LogP contribution in [-0.4, -0.2) is 23.7 Å². The number of nitrogens with one attached hydrogen (secondary N) is 1. The van der Waals surface area contributed by atoms with Crippen molar-refractivity contribution in [3.8, 4) is 0 Å². The fourth-order valence-electron chi connectivity index (χ4n) is 1.35. The first-order valence-electron chi connectivity index (χ1n) is 4.04. The molecule has 68 valence electrons. The Morgan fingerprint density at radius 2 is 2.58 bits per heavy atom. The van der Waals surface area contributed by atoms with Crippen LogP contribution >= 0.6 is 9.39 Å². The summed E-state index contributed by atoms with van der Waals surface area (Å²) in [6.07, 6.45) is 0.990. The van der Waals surface area contributed by atoms with Crippen molar-refractivity contribution < 1.29 is 4.79 Å². The Kier molecular flexibility index (Phi) is 3.10. The standard InChI is InChI=1S/C8H15N2OP/c1-6-3-8(5-10(6)12)4-9-7(2)11/h8H,1,3-5,12H2,2H3,(H,9,11). The van der Waals surface area contributed by atoms with Crippen molar-refractivity contribution >= 4 is 15.3 Å². The Balaban J connectivity index is 2.28. The van der Waals surface area contributed by atoms with E-state index in [4.69, 9.17) is 0 Å². The smallest absolute Gasteiger partial charge is 0.216 e. The molecule has 4 heteroatoms. The van der Waals surface area contributed by atoms with E-state index in [-0.39, 0.29) is 5.91 Å². The molecule has 1 saturated heterocycles. The number of hydrogen-bond donors (Lipinski definition) is 1. The van der Waals surface area contributed by atoms with Gasteiger partial charge in [-0.15, -0.1) is 0 Å². The molecule has 0 aromatic rings. The minimum absolute atomic E-state index is 0.0443. The maximum atomic E-state index is 10.6. The van der Waals surface area contributed by atoms with E-state index in [1.54, 1.807) is 6.92 Å². The van der Waals surface area contributed by atoms with Gasteiger partial charge in [0, 0.05) is 25.7 Å². The zero-order valence-electron chi connectivity index (χ0n) is 7.34. The van der Waals surface area contributed by atoms with Gasteiger partial charge >= 0.3 is 0 Å². The first-order chi connectivity index (χ1) is 5.59. The van der Waals surface area contributed by atoms with Crippen molar-refractivity contribution in [3.05, 3.63) is 12.3 Å². The molecule has 1 fully saturated rings. The van der Waals surface area contributed by atoms with E-state index in [2.05, 4.69) is 26.0 Å². The van der Waals surface area contributed by atoms with Crippen molar-refractivity contribution in [1.82, 2.24) is 9.99 Å². The molecule has 1 aliphatic rings. The van der Waals surface area contributed by atoms with Crippen LogP contribution < -0.4 is 5.32 Å². The molecule has 0 spiro atoms. The largest absolute Gasteiger partial charge is 0.360 e. The molecule has 2 atom stereocenters. The van der Waals surface area contributed by atoms with E-state index in [1.165, 1.54) is 0 Å². The fraction of sp³-hybridized carbons (Fsp3) is 0.625.